The van der Waals surface area contributed by atoms with E-state index in [9.17, 15) is 26.4 Å². The fraction of sp³-hybridized carbons (Fsp3) is 0.222. The molecule has 0 radical (unpaired) electrons. The first-order valence-corrected chi connectivity index (χ1v) is 5.96. The summed E-state index contributed by atoms with van der Waals surface area (Å²) in [6, 6.07) is 4.74. The van der Waals surface area contributed by atoms with Crippen molar-refractivity contribution in [1.82, 2.24) is 0 Å². The average molecular weight is 267 g/mol. The second kappa shape index (κ2) is 4.36. The van der Waals surface area contributed by atoms with Crippen molar-refractivity contribution in [3.05, 3.63) is 35.4 Å². The highest BCUT2D eigenvalue weighted by molar-refractivity contribution is 7.91. The molecule has 0 saturated heterocycles. The smallest absolute Gasteiger partial charge is 0.366 e. The lowest BCUT2D eigenvalue weighted by Crippen LogP contribution is -2.25. The summed E-state index contributed by atoms with van der Waals surface area (Å²) in [4.78, 5) is 10.8. The minimum Gasteiger partial charge on any atom is -0.366 e. The summed E-state index contributed by atoms with van der Waals surface area (Å²) in [7, 11) is -5.25. The van der Waals surface area contributed by atoms with Gasteiger partial charge in [0.1, 0.15) is 0 Å². The van der Waals surface area contributed by atoms with Gasteiger partial charge in [-0.05, 0) is 17.7 Å². The van der Waals surface area contributed by atoms with Gasteiger partial charge in [-0.2, -0.15) is 13.2 Å². The number of benzene rings is 1. The molecule has 17 heavy (non-hydrogen) atoms. The third-order valence-electron chi connectivity index (χ3n) is 1.92. The predicted molar refractivity (Wildman–Crippen MR) is 53.6 cm³/mol. The van der Waals surface area contributed by atoms with Crippen molar-refractivity contribution < 1.29 is 26.4 Å². The van der Waals surface area contributed by atoms with Crippen LogP contribution in [0.15, 0.2) is 24.3 Å². The molecule has 0 heterocycles. The number of carbonyl (C=O) groups excluding carboxylic acids is 1. The Hall–Kier alpha value is -1.57. The van der Waals surface area contributed by atoms with Crippen LogP contribution in [0, 0.1) is 0 Å². The Bertz CT molecular complexity index is 537. The van der Waals surface area contributed by atoms with Crippen molar-refractivity contribution in [3.8, 4) is 0 Å². The zero-order valence-electron chi connectivity index (χ0n) is 8.36. The van der Waals surface area contributed by atoms with Gasteiger partial charge in [-0.1, -0.05) is 12.1 Å². The molecule has 0 aromatic heterocycles. The summed E-state index contributed by atoms with van der Waals surface area (Å²) < 4.78 is 58.0. The van der Waals surface area contributed by atoms with E-state index in [0.717, 1.165) is 6.07 Å². The Kier molecular flexibility index (Phi) is 3.46. The topological polar surface area (TPSA) is 77.2 Å². The number of nitrogens with two attached hydrogens (primary N) is 1. The second-order valence-electron chi connectivity index (χ2n) is 3.27. The molecular weight excluding hydrogens is 259 g/mol. The molecule has 0 aliphatic carbocycles. The van der Waals surface area contributed by atoms with Gasteiger partial charge in [-0.25, -0.2) is 8.42 Å². The quantitative estimate of drug-likeness (QED) is 0.894. The number of rotatable bonds is 3. The molecule has 0 aliphatic rings. The summed E-state index contributed by atoms with van der Waals surface area (Å²) in [6.45, 7) is 0. The van der Waals surface area contributed by atoms with Gasteiger partial charge in [0, 0.05) is 5.56 Å². The Morgan fingerprint density at radius 1 is 1.29 bits per heavy atom. The molecule has 8 heteroatoms. The van der Waals surface area contributed by atoms with Crippen LogP contribution < -0.4 is 5.73 Å². The molecule has 1 amide bonds. The van der Waals surface area contributed by atoms with Gasteiger partial charge in [-0.3, -0.25) is 4.79 Å². The predicted octanol–water partition coefficient (Wildman–Crippen LogP) is 1.22. The van der Waals surface area contributed by atoms with E-state index < -0.39 is 27.0 Å². The standard InChI is InChI=1S/C9H8F3NO3S/c10-9(11,12)17(15,16)5-6-2-1-3-7(4-6)8(13)14/h1-4H,5H2,(H2,13,14). The van der Waals surface area contributed by atoms with E-state index in [2.05, 4.69) is 0 Å². The van der Waals surface area contributed by atoms with Gasteiger partial charge in [-0.15, -0.1) is 0 Å². The summed E-state index contributed by atoms with van der Waals surface area (Å²) >= 11 is 0. The van der Waals surface area contributed by atoms with E-state index in [1.165, 1.54) is 18.2 Å². The molecular formula is C9H8F3NO3S. The third-order valence-corrected chi connectivity index (χ3v) is 3.34. The number of hydrogen-bond donors (Lipinski definition) is 1. The number of amides is 1. The van der Waals surface area contributed by atoms with Gasteiger partial charge in [0.2, 0.25) is 5.91 Å². The van der Waals surface area contributed by atoms with Crippen molar-refractivity contribution in [3.63, 3.8) is 0 Å². The summed E-state index contributed by atoms with van der Waals surface area (Å²) in [5.41, 5.74) is -0.570. The van der Waals surface area contributed by atoms with Crippen molar-refractivity contribution in [2.24, 2.45) is 5.73 Å². The van der Waals surface area contributed by atoms with Crippen LogP contribution in [0.1, 0.15) is 15.9 Å². The minimum absolute atomic E-state index is 0.0418. The molecule has 0 atom stereocenters. The molecule has 0 fully saturated rings. The lowest BCUT2D eigenvalue weighted by molar-refractivity contribution is -0.0437. The lowest BCUT2D eigenvalue weighted by Gasteiger charge is -2.08. The second-order valence-corrected chi connectivity index (χ2v) is 5.25. The van der Waals surface area contributed by atoms with Crippen molar-refractivity contribution in [2.45, 2.75) is 11.3 Å². The molecule has 1 aromatic rings. The number of sulfone groups is 1. The maximum absolute atomic E-state index is 12.1. The Labute approximate surface area is 95.1 Å². The van der Waals surface area contributed by atoms with Crippen LogP contribution >= 0.6 is 0 Å². The fourth-order valence-corrected chi connectivity index (χ4v) is 1.90. The van der Waals surface area contributed by atoms with Crippen LogP contribution in [-0.4, -0.2) is 19.8 Å². The van der Waals surface area contributed by atoms with Crippen LogP contribution in [0.2, 0.25) is 0 Å². The molecule has 1 rings (SSSR count). The highest BCUT2D eigenvalue weighted by atomic mass is 32.2. The Morgan fingerprint density at radius 2 is 1.88 bits per heavy atom. The van der Waals surface area contributed by atoms with Crippen molar-refractivity contribution >= 4 is 15.7 Å². The first kappa shape index (κ1) is 13.5. The van der Waals surface area contributed by atoms with Gasteiger partial charge >= 0.3 is 5.51 Å². The van der Waals surface area contributed by atoms with Gasteiger partial charge in [0.25, 0.3) is 9.84 Å². The maximum Gasteiger partial charge on any atom is 0.497 e. The first-order chi connectivity index (χ1) is 7.63. The summed E-state index contributed by atoms with van der Waals surface area (Å²) in [5, 5.41) is 0. The van der Waals surface area contributed by atoms with E-state index in [1.807, 2.05) is 0 Å². The number of primary amides is 1. The third kappa shape index (κ3) is 3.19. The van der Waals surface area contributed by atoms with Crippen LogP contribution in [0.4, 0.5) is 13.2 Å². The molecule has 0 unspecified atom stereocenters. The molecule has 2 N–H and O–H groups in total. The zero-order chi connectivity index (χ0) is 13.3. The normalized spacial score (nSPS) is 12.4. The van der Waals surface area contributed by atoms with E-state index in [0.29, 0.717) is 0 Å². The number of alkyl halides is 3. The van der Waals surface area contributed by atoms with Gasteiger partial charge in [0.05, 0.1) is 5.75 Å². The molecule has 1 aromatic carbocycles. The molecule has 0 aliphatic heterocycles. The highest BCUT2D eigenvalue weighted by Gasteiger charge is 2.45. The SMILES string of the molecule is NC(=O)c1cccc(CS(=O)(=O)C(F)(F)F)c1. The minimum atomic E-state index is -5.31. The Balaban J connectivity index is 3.05. The number of hydrogen-bond acceptors (Lipinski definition) is 3. The molecule has 0 saturated carbocycles. The van der Waals surface area contributed by atoms with Gasteiger partial charge < -0.3 is 5.73 Å². The Morgan fingerprint density at radius 3 is 2.35 bits per heavy atom. The molecule has 94 valence electrons. The molecule has 0 spiro atoms. The van der Waals surface area contributed by atoms with Crippen LogP contribution in [-0.2, 0) is 15.6 Å². The summed E-state index contributed by atoms with van der Waals surface area (Å²) in [6.07, 6.45) is 0. The largest absolute Gasteiger partial charge is 0.497 e. The van der Waals surface area contributed by atoms with Gasteiger partial charge in [0.15, 0.2) is 0 Å². The zero-order valence-corrected chi connectivity index (χ0v) is 9.18. The number of carbonyl (C=O) groups is 1. The fourth-order valence-electron chi connectivity index (χ4n) is 1.12. The maximum atomic E-state index is 12.1. The highest BCUT2D eigenvalue weighted by Crippen LogP contribution is 2.26. The molecule has 4 nitrogen and oxygen atoms in total. The first-order valence-electron chi connectivity index (χ1n) is 4.31. The van der Waals surface area contributed by atoms with Crippen LogP contribution in [0.25, 0.3) is 0 Å². The van der Waals surface area contributed by atoms with Crippen LogP contribution in [0.3, 0.4) is 0 Å². The van der Waals surface area contributed by atoms with E-state index >= 15 is 0 Å². The summed E-state index contributed by atoms with van der Waals surface area (Å²) in [5.74, 6) is -2.05. The van der Waals surface area contributed by atoms with E-state index in [-0.39, 0.29) is 11.1 Å². The van der Waals surface area contributed by atoms with Crippen LogP contribution in [0.5, 0.6) is 0 Å². The molecule has 0 bridgehead atoms. The monoisotopic (exact) mass is 267 g/mol. The van der Waals surface area contributed by atoms with E-state index in [4.69, 9.17) is 5.73 Å². The number of halogens is 3. The van der Waals surface area contributed by atoms with Crippen molar-refractivity contribution in [2.75, 3.05) is 0 Å². The lowest BCUT2D eigenvalue weighted by atomic mass is 10.1. The van der Waals surface area contributed by atoms with E-state index in [1.54, 1.807) is 0 Å². The average Bonchev–Trinajstić information content (AvgIpc) is 2.15. The van der Waals surface area contributed by atoms with Crippen molar-refractivity contribution in [1.29, 1.82) is 0 Å².